The van der Waals surface area contributed by atoms with Gasteiger partial charge in [-0.1, -0.05) is 51.3 Å². The quantitative estimate of drug-likeness (QED) is 0.375. The van der Waals surface area contributed by atoms with E-state index in [-0.39, 0.29) is 35.9 Å². The van der Waals surface area contributed by atoms with Gasteiger partial charge in [-0.2, -0.15) is 0 Å². The highest BCUT2D eigenvalue weighted by molar-refractivity contribution is 5.91. The molecule has 0 aromatic heterocycles. The highest BCUT2D eigenvalue weighted by atomic mass is 16.5. The van der Waals surface area contributed by atoms with Crippen molar-refractivity contribution in [1.82, 2.24) is 5.32 Å². The van der Waals surface area contributed by atoms with Gasteiger partial charge in [0.15, 0.2) is 5.78 Å². The van der Waals surface area contributed by atoms with Crippen LogP contribution in [0.4, 0.5) is 0 Å². The van der Waals surface area contributed by atoms with E-state index in [0.717, 1.165) is 44.1 Å². The Balaban J connectivity index is 2.18. The standard InChI is InChI=1S/C31H53NO5/c1-7-25-18-24(6)32-30(19-25)36-21-27-16-22(4)14-15-28(33)23(5)17-26(20-35-9-3)12-10-11-13-31(34)37-29(27)8-2/h14-16,23-27,29-30,32H,7-13,17-21H2,1-6H3/b15-14+,22-16+/t23-,24?,25-,26-,27?,29-,30?/m1/s1. The van der Waals surface area contributed by atoms with Gasteiger partial charge in [-0.15, -0.1) is 0 Å². The van der Waals surface area contributed by atoms with Crippen molar-refractivity contribution < 1.29 is 23.8 Å². The van der Waals surface area contributed by atoms with Gasteiger partial charge in [0.25, 0.3) is 0 Å². The number of nitrogens with one attached hydrogen (secondary N) is 1. The molecule has 1 fully saturated rings. The Morgan fingerprint density at radius 3 is 2.46 bits per heavy atom. The predicted molar refractivity (Wildman–Crippen MR) is 149 cm³/mol. The summed E-state index contributed by atoms with van der Waals surface area (Å²) in [5.74, 6) is 0.875. The summed E-state index contributed by atoms with van der Waals surface area (Å²) in [6, 6.07) is 0.432. The Kier molecular flexibility index (Phi) is 14.7. The van der Waals surface area contributed by atoms with Gasteiger partial charge in [-0.3, -0.25) is 14.9 Å². The number of esters is 1. The molecule has 0 bridgehead atoms. The molecule has 0 spiro atoms. The van der Waals surface area contributed by atoms with Gasteiger partial charge in [-0.05, 0) is 77.2 Å². The van der Waals surface area contributed by atoms with E-state index in [1.165, 1.54) is 6.42 Å². The summed E-state index contributed by atoms with van der Waals surface area (Å²) in [6.07, 6.45) is 13.4. The summed E-state index contributed by atoms with van der Waals surface area (Å²) in [6.45, 7) is 14.3. The van der Waals surface area contributed by atoms with Crippen LogP contribution in [0.25, 0.3) is 0 Å². The molecule has 2 aliphatic heterocycles. The second-order valence-electron chi connectivity index (χ2n) is 11.3. The van der Waals surface area contributed by atoms with Gasteiger partial charge in [0.1, 0.15) is 12.3 Å². The molecule has 2 aliphatic rings. The van der Waals surface area contributed by atoms with Gasteiger partial charge >= 0.3 is 5.97 Å². The molecular weight excluding hydrogens is 466 g/mol. The number of ether oxygens (including phenoxy) is 3. The maximum Gasteiger partial charge on any atom is 0.306 e. The summed E-state index contributed by atoms with van der Waals surface area (Å²) in [5, 5.41) is 3.58. The third-order valence-electron chi connectivity index (χ3n) is 7.90. The predicted octanol–water partition coefficient (Wildman–Crippen LogP) is 6.39. The Labute approximate surface area is 226 Å². The third-order valence-corrected chi connectivity index (χ3v) is 7.90. The van der Waals surface area contributed by atoms with Crippen molar-refractivity contribution >= 4 is 11.8 Å². The lowest BCUT2D eigenvalue weighted by atomic mass is 9.89. The maximum atomic E-state index is 12.9. The highest BCUT2D eigenvalue weighted by Gasteiger charge is 2.28. The zero-order chi connectivity index (χ0) is 27.2. The highest BCUT2D eigenvalue weighted by Crippen LogP contribution is 2.26. The van der Waals surface area contributed by atoms with Crippen molar-refractivity contribution in [2.75, 3.05) is 19.8 Å². The first-order chi connectivity index (χ1) is 17.7. The van der Waals surface area contributed by atoms with E-state index in [9.17, 15) is 9.59 Å². The van der Waals surface area contributed by atoms with Crippen molar-refractivity contribution in [3.05, 3.63) is 23.8 Å². The summed E-state index contributed by atoms with van der Waals surface area (Å²) in [4.78, 5) is 25.7. The van der Waals surface area contributed by atoms with Gasteiger partial charge < -0.3 is 14.2 Å². The van der Waals surface area contributed by atoms with Gasteiger partial charge in [0, 0.05) is 37.5 Å². The number of cyclic esters (lactones) is 1. The molecule has 2 rings (SSSR count). The minimum atomic E-state index is -0.257. The molecule has 3 unspecified atom stereocenters. The Morgan fingerprint density at radius 2 is 1.76 bits per heavy atom. The first-order valence-electron chi connectivity index (χ1n) is 14.8. The normalized spacial score (nSPS) is 35.4. The van der Waals surface area contributed by atoms with Crippen LogP contribution in [-0.4, -0.2) is 49.9 Å². The zero-order valence-electron chi connectivity index (χ0n) is 24.3. The smallest absolute Gasteiger partial charge is 0.306 e. The fourth-order valence-corrected chi connectivity index (χ4v) is 5.64. The Hall–Kier alpha value is -1.50. The van der Waals surface area contributed by atoms with Gasteiger partial charge in [-0.25, -0.2) is 0 Å². The fourth-order valence-electron chi connectivity index (χ4n) is 5.64. The number of carbonyl (C=O) groups is 2. The maximum absolute atomic E-state index is 12.9. The lowest BCUT2D eigenvalue weighted by molar-refractivity contribution is -0.153. The molecule has 0 saturated carbocycles. The zero-order valence-corrected chi connectivity index (χ0v) is 24.3. The molecule has 1 saturated heterocycles. The first kappa shape index (κ1) is 31.7. The lowest BCUT2D eigenvalue weighted by Crippen LogP contribution is -2.46. The molecule has 212 valence electrons. The van der Waals surface area contributed by atoms with E-state index in [1.807, 2.05) is 26.8 Å². The van der Waals surface area contributed by atoms with Gasteiger partial charge in [0.05, 0.1) is 6.61 Å². The monoisotopic (exact) mass is 519 g/mol. The minimum Gasteiger partial charge on any atom is -0.462 e. The lowest BCUT2D eigenvalue weighted by Gasteiger charge is -2.35. The fraction of sp³-hybridized carbons (Fsp3) is 0.806. The van der Waals surface area contributed by atoms with Crippen LogP contribution in [0.5, 0.6) is 0 Å². The molecule has 37 heavy (non-hydrogen) atoms. The third kappa shape index (κ3) is 11.8. The number of allylic oxidation sites excluding steroid dienone is 3. The van der Waals surface area contributed by atoms with Crippen LogP contribution in [-0.2, 0) is 23.8 Å². The van der Waals surface area contributed by atoms with Crippen molar-refractivity contribution in [3.8, 4) is 0 Å². The van der Waals surface area contributed by atoms with Crippen molar-refractivity contribution in [2.45, 2.75) is 118 Å². The van der Waals surface area contributed by atoms with Crippen LogP contribution in [0.2, 0.25) is 0 Å². The largest absolute Gasteiger partial charge is 0.462 e. The SMILES string of the molecule is CCOC[C@@H]1CCCCC(=O)O[C@H](CC)C(COC2C[C@H](CC)CC(C)N2)/C=C(C)/C=C/C(=O)[C@H](C)C1. The van der Waals surface area contributed by atoms with E-state index < -0.39 is 0 Å². The minimum absolute atomic E-state index is 0.0126. The number of ketones is 1. The number of carbonyl (C=O) groups excluding carboxylic acids is 2. The molecule has 0 aromatic carbocycles. The van der Waals surface area contributed by atoms with Crippen LogP contribution in [0.3, 0.4) is 0 Å². The molecule has 0 aliphatic carbocycles. The van der Waals surface area contributed by atoms with E-state index in [1.54, 1.807) is 6.08 Å². The van der Waals surface area contributed by atoms with Crippen LogP contribution < -0.4 is 5.32 Å². The molecular formula is C31H53NO5. The summed E-state index contributed by atoms with van der Waals surface area (Å²) >= 11 is 0. The molecule has 6 heteroatoms. The van der Waals surface area contributed by atoms with E-state index in [0.29, 0.717) is 50.5 Å². The summed E-state index contributed by atoms with van der Waals surface area (Å²) < 4.78 is 18.1. The molecule has 6 nitrogen and oxygen atoms in total. The molecule has 0 aromatic rings. The Bertz CT molecular complexity index is 748. The molecule has 0 radical (unpaired) electrons. The molecule has 7 atom stereocenters. The van der Waals surface area contributed by atoms with E-state index in [4.69, 9.17) is 14.2 Å². The van der Waals surface area contributed by atoms with Crippen LogP contribution in [0.1, 0.15) is 99.3 Å². The molecule has 2 heterocycles. The second kappa shape index (κ2) is 17.2. The van der Waals surface area contributed by atoms with Gasteiger partial charge in [0.2, 0.25) is 0 Å². The van der Waals surface area contributed by atoms with E-state index in [2.05, 4.69) is 32.2 Å². The average molecular weight is 520 g/mol. The van der Waals surface area contributed by atoms with Crippen molar-refractivity contribution in [2.24, 2.45) is 23.7 Å². The second-order valence-corrected chi connectivity index (χ2v) is 11.3. The Morgan fingerprint density at radius 1 is 0.973 bits per heavy atom. The molecule has 1 N–H and O–H groups in total. The molecule has 0 amide bonds. The van der Waals surface area contributed by atoms with Crippen LogP contribution >= 0.6 is 0 Å². The topological polar surface area (TPSA) is 73.9 Å². The van der Waals surface area contributed by atoms with Crippen LogP contribution in [0.15, 0.2) is 23.8 Å². The van der Waals surface area contributed by atoms with Crippen LogP contribution in [0, 0.1) is 23.7 Å². The summed E-state index contributed by atoms with van der Waals surface area (Å²) in [5.41, 5.74) is 0.984. The van der Waals surface area contributed by atoms with Crippen molar-refractivity contribution in [3.63, 3.8) is 0 Å². The number of piperidine rings is 1. The van der Waals surface area contributed by atoms with E-state index >= 15 is 0 Å². The number of rotatable bonds is 8. The first-order valence-corrected chi connectivity index (χ1v) is 14.8. The number of hydrogen-bond donors (Lipinski definition) is 1. The number of hydrogen-bond acceptors (Lipinski definition) is 6. The average Bonchev–Trinajstić information content (AvgIpc) is 2.88. The summed E-state index contributed by atoms with van der Waals surface area (Å²) in [7, 11) is 0. The van der Waals surface area contributed by atoms with Crippen molar-refractivity contribution in [1.29, 1.82) is 0 Å².